The first-order valence-corrected chi connectivity index (χ1v) is 20.4. The van der Waals surface area contributed by atoms with Gasteiger partial charge in [-0.1, -0.05) is 63.7 Å². The molecule has 4 saturated carbocycles. The highest BCUT2D eigenvalue weighted by molar-refractivity contribution is 5.93. The van der Waals surface area contributed by atoms with Gasteiger partial charge < -0.3 is 18.9 Å². The van der Waals surface area contributed by atoms with Crippen LogP contribution in [0.25, 0.3) is 0 Å². The van der Waals surface area contributed by atoms with E-state index in [1.807, 2.05) is 18.4 Å². The minimum absolute atomic E-state index is 0.114. The molecule has 5 aliphatic rings. The van der Waals surface area contributed by atoms with Crippen LogP contribution in [0.3, 0.4) is 0 Å². The van der Waals surface area contributed by atoms with E-state index in [4.69, 9.17) is 18.9 Å². The maximum atomic E-state index is 13.4. The molecule has 54 heavy (non-hydrogen) atoms. The van der Waals surface area contributed by atoms with E-state index in [0.717, 1.165) is 43.9 Å². The summed E-state index contributed by atoms with van der Waals surface area (Å²) < 4.78 is 23.6. The van der Waals surface area contributed by atoms with Crippen LogP contribution in [0.2, 0.25) is 0 Å². The molecule has 8 atom stereocenters. The molecule has 4 fully saturated rings. The van der Waals surface area contributed by atoms with E-state index >= 15 is 0 Å². The molecular weight excluding hydrogens is 677 g/mol. The van der Waals surface area contributed by atoms with Crippen molar-refractivity contribution in [2.45, 2.75) is 103 Å². The predicted molar refractivity (Wildman–Crippen MR) is 206 cm³/mol. The first kappa shape index (κ1) is 36.3. The number of hydrogen-bond acceptors (Lipinski definition) is 7. The molecule has 0 bridgehead atoms. The zero-order valence-electron chi connectivity index (χ0n) is 31.3. The standard InChI is InChI=1S/C47H52O7/c1-2-3-4-5-9-30-13-15-31(16-14-30)45(48)52-35-21-17-32(18-22-35)46(49)53-36-23-19-33(20-24-36)47(50)54-37-25-26-40-42(29-37)43-38-11-7-6-10-34(38)28-41(43)39-12-8-27-51-44(39)40/h8,12-24,27,34,37-38,40-44H,2-7,9-11,25-26,28-29H2,1H3. The molecule has 1 aliphatic heterocycles. The number of unbranched alkanes of at least 4 members (excludes halogenated alkanes) is 3. The highest BCUT2D eigenvalue weighted by Crippen LogP contribution is 2.62. The highest BCUT2D eigenvalue weighted by Gasteiger charge is 2.57. The molecule has 282 valence electrons. The number of fused-ring (bicyclic) bond motifs is 8. The van der Waals surface area contributed by atoms with Gasteiger partial charge in [-0.3, -0.25) is 0 Å². The van der Waals surface area contributed by atoms with E-state index in [0.29, 0.717) is 51.9 Å². The van der Waals surface area contributed by atoms with Crippen LogP contribution in [0.15, 0.2) is 96.8 Å². The van der Waals surface area contributed by atoms with Gasteiger partial charge in [-0.25, -0.2) is 14.4 Å². The van der Waals surface area contributed by atoms with Crippen molar-refractivity contribution in [1.29, 1.82) is 0 Å². The molecule has 3 aromatic carbocycles. The average molecular weight is 729 g/mol. The largest absolute Gasteiger partial charge is 0.493 e. The van der Waals surface area contributed by atoms with Crippen LogP contribution in [-0.2, 0) is 15.9 Å². The predicted octanol–water partition coefficient (Wildman–Crippen LogP) is 10.5. The topological polar surface area (TPSA) is 88.1 Å². The van der Waals surface area contributed by atoms with Crippen LogP contribution in [-0.4, -0.2) is 30.1 Å². The summed E-state index contributed by atoms with van der Waals surface area (Å²) in [6.45, 7) is 2.20. The minimum Gasteiger partial charge on any atom is -0.493 e. The number of ether oxygens (including phenoxy) is 4. The van der Waals surface area contributed by atoms with E-state index < -0.39 is 11.9 Å². The third kappa shape index (κ3) is 7.78. The van der Waals surface area contributed by atoms with Gasteiger partial charge in [-0.05, 0) is 152 Å². The first-order chi connectivity index (χ1) is 26.4. The smallest absolute Gasteiger partial charge is 0.343 e. The summed E-state index contributed by atoms with van der Waals surface area (Å²) in [4.78, 5) is 39.0. The van der Waals surface area contributed by atoms with Gasteiger partial charge in [0.05, 0.1) is 23.0 Å². The molecule has 7 heteroatoms. The van der Waals surface area contributed by atoms with Crippen molar-refractivity contribution in [3.63, 3.8) is 0 Å². The summed E-state index contributed by atoms with van der Waals surface area (Å²) in [5, 5.41) is 0. The van der Waals surface area contributed by atoms with Gasteiger partial charge in [0, 0.05) is 5.92 Å². The Labute approximate surface area is 319 Å². The van der Waals surface area contributed by atoms with Crippen molar-refractivity contribution in [3.05, 3.63) is 119 Å². The molecule has 0 spiro atoms. The van der Waals surface area contributed by atoms with Gasteiger partial charge in [0.2, 0.25) is 0 Å². The summed E-state index contributed by atoms with van der Waals surface area (Å²) in [6.07, 6.45) is 21.6. The third-order valence-corrected chi connectivity index (χ3v) is 13.0. The second-order valence-electron chi connectivity index (χ2n) is 16.2. The number of carbonyl (C=O) groups excluding carboxylic acids is 3. The Morgan fingerprint density at radius 3 is 2.00 bits per heavy atom. The van der Waals surface area contributed by atoms with Crippen molar-refractivity contribution in [2.24, 2.45) is 35.5 Å². The summed E-state index contributed by atoms with van der Waals surface area (Å²) in [5.41, 5.74) is 3.95. The van der Waals surface area contributed by atoms with Crippen LogP contribution in [0.5, 0.6) is 11.5 Å². The van der Waals surface area contributed by atoms with Gasteiger partial charge in [0.1, 0.15) is 23.7 Å². The Balaban J connectivity index is 0.832. The molecule has 0 saturated heterocycles. The summed E-state index contributed by atoms with van der Waals surface area (Å²) >= 11 is 0. The van der Waals surface area contributed by atoms with Crippen molar-refractivity contribution in [2.75, 3.05) is 0 Å². The number of rotatable bonds is 11. The lowest BCUT2D eigenvalue weighted by molar-refractivity contribution is -0.0635. The average Bonchev–Trinajstić information content (AvgIpc) is 3.61. The molecule has 3 aromatic rings. The van der Waals surface area contributed by atoms with Crippen molar-refractivity contribution in [3.8, 4) is 11.5 Å². The molecule has 0 aromatic heterocycles. The van der Waals surface area contributed by atoms with E-state index in [-0.39, 0.29) is 18.2 Å². The lowest BCUT2D eigenvalue weighted by Crippen LogP contribution is -2.50. The number of hydrogen-bond donors (Lipinski definition) is 0. The van der Waals surface area contributed by atoms with E-state index in [1.54, 1.807) is 60.7 Å². The number of esters is 3. The second kappa shape index (κ2) is 16.4. The third-order valence-electron chi connectivity index (χ3n) is 13.0. The van der Waals surface area contributed by atoms with Gasteiger partial charge in [0.25, 0.3) is 0 Å². The SMILES string of the molecule is CCCCCCc1ccc(C(=O)Oc2ccc(C(=O)Oc3ccc(C(=O)OC4CCC5C6OC=CC=C6C6CC7CCCCC7C6C5C4)cc3)cc2)cc1. The normalized spacial score (nSPS) is 27.9. The van der Waals surface area contributed by atoms with Crippen LogP contribution < -0.4 is 9.47 Å². The molecule has 8 rings (SSSR count). The van der Waals surface area contributed by atoms with E-state index in [9.17, 15) is 14.4 Å². The number of aryl methyl sites for hydroxylation is 1. The van der Waals surface area contributed by atoms with Crippen LogP contribution in [0.4, 0.5) is 0 Å². The van der Waals surface area contributed by atoms with Crippen molar-refractivity contribution in [1.82, 2.24) is 0 Å². The Bertz CT molecular complexity index is 1860. The van der Waals surface area contributed by atoms with Gasteiger partial charge >= 0.3 is 17.9 Å². The zero-order chi connectivity index (χ0) is 37.0. The van der Waals surface area contributed by atoms with E-state index in [2.05, 4.69) is 19.1 Å². The summed E-state index contributed by atoms with van der Waals surface area (Å²) in [6, 6.07) is 20.4. The van der Waals surface area contributed by atoms with Crippen LogP contribution in [0.1, 0.15) is 121 Å². The lowest BCUT2D eigenvalue weighted by Gasteiger charge is -2.52. The fourth-order valence-electron chi connectivity index (χ4n) is 10.5. The van der Waals surface area contributed by atoms with Crippen LogP contribution >= 0.6 is 0 Å². The molecule has 7 nitrogen and oxygen atoms in total. The van der Waals surface area contributed by atoms with Gasteiger partial charge in [0.15, 0.2) is 0 Å². The maximum absolute atomic E-state index is 13.4. The molecular formula is C47H52O7. The second-order valence-corrected chi connectivity index (χ2v) is 16.2. The lowest BCUT2D eigenvalue weighted by atomic mass is 9.56. The van der Waals surface area contributed by atoms with Gasteiger partial charge in [-0.15, -0.1) is 0 Å². The molecule has 8 unspecified atom stereocenters. The Morgan fingerprint density at radius 2 is 1.31 bits per heavy atom. The van der Waals surface area contributed by atoms with Gasteiger partial charge in [-0.2, -0.15) is 0 Å². The molecule has 0 radical (unpaired) electrons. The molecule has 0 amide bonds. The van der Waals surface area contributed by atoms with E-state index in [1.165, 1.54) is 62.5 Å². The summed E-state index contributed by atoms with van der Waals surface area (Å²) in [5.74, 6) is 3.14. The monoisotopic (exact) mass is 728 g/mol. The van der Waals surface area contributed by atoms with Crippen molar-refractivity contribution >= 4 is 17.9 Å². The maximum Gasteiger partial charge on any atom is 0.343 e. The number of carbonyl (C=O) groups is 3. The fourth-order valence-corrected chi connectivity index (χ4v) is 10.5. The quantitative estimate of drug-likeness (QED) is 0.110. The fraction of sp³-hybridized carbons (Fsp3) is 0.468. The van der Waals surface area contributed by atoms with Crippen molar-refractivity contribution < 1.29 is 33.3 Å². The molecule has 1 heterocycles. The Morgan fingerprint density at radius 1 is 0.667 bits per heavy atom. The van der Waals surface area contributed by atoms with Crippen LogP contribution in [0, 0.1) is 35.5 Å². The minimum atomic E-state index is -0.553. The molecule has 4 aliphatic carbocycles. The Hall–Kier alpha value is -4.65. The number of allylic oxidation sites excluding steroid dienone is 2. The highest BCUT2D eigenvalue weighted by atomic mass is 16.5. The zero-order valence-corrected chi connectivity index (χ0v) is 31.3. The first-order valence-electron chi connectivity index (χ1n) is 20.4. The Kier molecular flexibility index (Phi) is 11.0. The molecule has 0 N–H and O–H groups in total. The summed E-state index contributed by atoms with van der Waals surface area (Å²) in [7, 11) is 0. The number of benzene rings is 3.